The number of halogens is 2. The molecule has 0 amide bonds. The van der Waals surface area contributed by atoms with E-state index in [4.69, 9.17) is 16.0 Å². The minimum atomic E-state index is -0.311. The predicted octanol–water partition coefficient (Wildman–Crippen LogP) is 3.77. The lowest BCUT2D eigenvalue weighted by atomic mass is 10.0. The molecule has 0 radical (unpaired) electrons. The van der Waals surface area contributed by atoms with Gasteiger partial charge < -0.3 is 9.73 Å². The molecule has 1 unspecified atom stereocenters. The highest BCUT2D eigenvalue weighted by Gasteiger charge is 2.19. The monoisotopic (exact) mass is 253 g/mol. The van der Waals surface area contributed by atoms with Crippen molar-refractivity contribution < 1.29 is 8.81 Å². The van der Waals surface area contributed by atoms with Crippen LogP contribution in [0.2, 0.25) is 5.02 Å². The first-order chi connectivity index (χ1) is 8.22. The lowest BCUT2D eigenvalue weighted by molar-refractivity contribution is 0.441. The van der Waals surface area contributed by atoms with Crippen molar-refractivity contribution in [2.24, 2.45) is 0 Å². The van der Waals surface area contributed by atoms with Gasteiger partial charge in [-0.05, 0) is 36.9 Å². The first-order valence-corrected chi connectivity index (χ1v) is 5.82. The van der Waals surface area contributed by atoms with Gasteiger partial charge in [-0.3, -0.25) is 0 Å². The summed E-state index contributed by atoms with van der Waals surface area (Å²) < 4.78 is 19.1. The molecule has 1 heterocycles. The van der Waals surface area contributed by atoms with E-state index in [-0.39, 0.29) is 11.9 Å². The number of nitrogens with one attached hydrogen (secondary N) is 1. The zero-order valence-corrected chi connectivity index (χ0v) is 10.2. The fourth-order valence-electron chi connectivity index (χ4n) is 1.76. The normalized spacial score (nSPS) is 12.6. The van der Waals surface area contributed by atoms with Crippen LogP contribution in [0, 0.1) is 5.82 Å². The largest absolute Gasteiger partial charge is 0.467 e. The van der Waals surface area contributed by atoms with E-state index in [2.05, 4.69) is 5.32 Å². The minimum Gasteiger partial charge on any atom is -0.467 e. The Bertz CT molecular complexity index is 484. The van der Waals surface area contributed by atoms with Crippen LogP contribution in [-0.2, 0) is 0 Å². The molecule has 0 aliphatic heterocycles. The average Bonchev–Trinajstić information content (AvgIpc) is 2.83. The number of rotatable bonds is 4. The maximum atomic E-state index is 13.8. The van der Waals surface area contributed by atoms with Gasteiger partial charge in [0.25, 0.3) is 0 Å². The van der Waals surface area contributed by atoms with Gasteiger partial charge in [0.05, 0.1) is 12.3 Å². The second-order valence-electron chi connectivity index (χ2n) is 3.67. The molecule has 2 rings (SSSR count). The maximum Gasteiger partial charge on any atom is 0.128 e. The van der Waals surface area contributed by atoms with Crippen molar-refractivity contribution >= 4 is 11.6 Å². The second-order valence-corrected chi connectivity index (χ2v) is 4.11. The molecule has 0 aliphatic carbocycles. The molecule has 4 heteroatoms. The molecule has 90 valence electrons. The highest BCUT2D eigenvalue weighted by molar-refractivity contribution is 6.30. The van der Waals surface area contributed by atoms with Crippen molar-refractivity contribution in [2.75, 3.05) is 6.54 Å². The molecule has 1 aromatic heterocycles. The van der Waals surface area contributed by atoms with Gasteiger partial charge in [0.1, 0.15) is 11.6 Å². The third kappa shape index (κ3) is 2.68. The molecule has 1 atom stereocenters. The Balaban J connectivity index is 2.42. The van der Waals surface area contributed by atoms with E-state index in [1.807, 2.05) is 13.0 Å². The lowest BCUT2D eigenvalue weighted by Crippen LogP contribution is -2.22. The Morgan fingerprint density at radius 3 is 2.88 bits per heavy atom. The highest BCUT2D eigenvalue weighted by Crippen LogP contribution is 2.27. The summed E-state index contributed by atoms with van der Waals surface area (Å²) >= 11 is 5.90. The van der Waals surface area contributed by atoms with Crippen LogP contribution in [-0.4, -0.2) is 6.54 Å². The highest BCUT2D eigenvalue weighted by atomic mass is 35.5. The fraction of sp³-hybridized carbons (Fsp3) is 0.231. The zero-order valence-electron chi connectivity index (χ0n) is 9.41. The summed E-state index contributed by atoms with van der Waals surface area (Å²) in [5.41, 5.74) is 0.495. The van der Waals surface area contributed by atoms with Crippen molar-refractivity contribution in [3.05, 3.63) is 58.8 Å². The van der Waals surface area contributed by atoms with Crippen LogP contribution in [0.25, 0.3) is 0 Å². The smallest absolute Gasteiger partial charge is 0.128 e. The minimum absolute atomic E-state index is 0.295. The SMILES string of the molecule is CCNC(c1ccco1)c1cc(Cl)ccc1F. The van der Waals surface area contributed by atoms with Gasteiger partial charge in [0, 0.05) is 10.6 Å². The van der Waals surface area contributed by atoms with E-state index < -0.39 is 0 Å². The van der Waals surface area contributed by atoms with E-state index >= 15 is 0 Å². The van der Waals surface area contributed by atoms with Crippen molar-refractivity contribution in [1.29, 1.82) is 0 Å². The Hall–Kier alpha value is -1.32. The second kappa shape index (κ2) is 5.34. The average molecular weight is 254 g/mol. The quantitative estimate of drug-likeness (QED) is 0.897. The van der Waals surface area contributed by atoms with Crippen LogP contribution in [0.15, 0.2) is 41.0 Å². The predicted molar refractivity (Wildman–Crippen MR) is 65.6 cm³/mol. The summed E-state index contributed by atoms with van der Waals surface area (Å²) in [4.78, 5) is 0. The topological polar surface area (TPSA) is 25.2 Å². The molecule has 17 heavy (non-hydrogen) atoms. The molecular formula is C13H13ClFNO. The number of benzene rings is 1. The Morgan fingerprint density at radius 1 is 1.41 bits per heavy atom. The van der Waals surface area contributed by atoms with Crippen molar-refractivity contribution in [2.45, 2.75) is 13.0 Å². The van der Waals surface area contributed by atoms with Crippen LogP contribution in [0.5, 0.6) is 0 Å². The van der Waals surface area contributed by atoms with Crippen LogP contribution in [0.3, 0.4) is 0 Å². The molecule has 1 aromatic carbocycles. The van der Waals surface area contributed by atoms with Gasteiger partial charge in [-0.25, -0.2) is 4.39 Å². The summed E-state index contributed by atoms with van der Waals surface area (Å²) in [5.74, 6) is 0.379. The van der Waals surface area contributed by atoms with Crippen molar-refractivity contribution in [1.82, 2.24) is 5.32 Å². The van der Waals surface area contributed by atoms with Gasteiger partial charge in [-0.1, -0.05) is 18.5 Å². The van der Waals surface area contributed by atoms with Crippen LogP contribution < -0.4 is 5.32 Å². The third-order valence-corrected chi connectivity index (χ3v) is 2.74. The first kappa shape index (κ1) is 12.1. The van der Waals surface area contributed by atoms with Gasteiger partial charge in [-0.2, -0.15) is 0 Å². The molecule has 0 spiro atoms. The van der Waals surface area contributed by atoms with Crippen molar-refractivity contribution in [3.63, 3.8) is 0 Å². The van der Waals surface area contributed by atoms with E-state index in [0.717, 1.165) is 0 Å². The summed E-state index contributed by atoms with van der Waals surface area (Å²) in [7, 11) is 0. The van der Waals surface area contributed by atoms with E-state index in [1.165, 1.54) is 12.1 Å². The Kier molecular flexibility index (Phi) is 3.82. The number of hydrogen-bond acceptors (Lipinski definition) is 2. The maximum absolute atomic E-state index is 13.8. The Labute approximate surface area is 104 Å². The summed E-state index contributed by atoms with van der Waals surface area (Å²) in [6, 6.07) is 7.80. The molecule has 0 fully saturated rings. The molecule has 0 aliphatic rings. The summed E-state index contributed by atoms with van der Waals surface area (Å²) in [6.45, 7) is 2.66. The van der Waals surface area contributed by atoms with Gasteiger partial charge in [0.2, 0.25) is 0 Å². The lowest BCUT2D eigenvalue weighted by Gasteiger charge is -2.16. The third-order valence-electron chi connectivity index (χ3n) is 2.50. The van der Waals surface area contributed by atoms with Crippen LogP contribution >= 0.6 is 11.6 Å². The molecule has 0 bridgehead atoms. The first-order valence-electron chi connectivity index (χ1n) is 5.44. The molecule has 0 saturated heterocycles. The van der Waals surface area contributed by atoms with E-state index in [1.54, 1.807) is 18.4 Å². The molecular weight excluding hydrogens is 241 g/mol. The number of hydrogen-bond donors (Lipinski definition) is 1. The summed E-state index contributed by atoms with van der Waals surface area (Å²) in [5, 5.41) is 3.69. The van der Waals surface area contributed by atoms with E-state index in [9.17, 15) is 4.39 Å². The molecule has 0 saturated carbocycles. The van der Waals surface area contributed by atoms with Crippen molar-refractivity contribution in [3.8, 4) is 0 Å². The Morgan fingerprint density at radius 2 is 2.24 bits per heavy atom. The van der Waals surface area contributed by atoms with Crippen LogP contribution in [0.4, 0.5) is 4.39 Å². The molecule has 1 N–H and O–H groups in total. The number of furan rings is 1. The van der Waals surface area contributed by atoms with Gasteiger partial charge >= 0.3 is 0 Å². The summed E-state index contributed by atoms with van der Waals surface area (Å²) in [6.07, 6.45) is 1.57. The molecule has 2 nitrogen and oxygen atoms in total. The van der Waals surface area contributed by atoms with Crippen LogP contribution in [0.1, 0.15) is 24.3 Å². The molecule has 2 aromatic rings. The van der Waals surface area contributed by atoms with E-state index in [0.29, 0.717) is 22.9 Å². The zero-order chi connectivity index (χ0) is 12.3. The standard InChI is InChI=1S/C13H13ClFNO/c1-2-16-13(12-4-3-7-17-12)10-8-9(14)5-6-11(10)15/h3-8,13,16H,2H2,1H3. The fourth-order valence-corrected chi connectivity index (χ4v) is 1.94. The van der Waals surface area contributed by atoms with Gasteiger partial charge in [-0.15, -0.1) is 0 Å². The van der Waals surface area contributed by atoms with Gasteiger partial charge in [0.15, 0.2) is 0 Å².